The van der Waals surface area contributed by atoms with Crippen LogP contribution in [0.15, 0.2) is 18.2 Å². The molecule has 0 saturated heterocycles. The third-order valence-corrected chi connectivity index (χ3v) is 1.95. The van der Waals surface area contributed by atoms with Crippen molar-refractivity contribution < 1.29 is 13.5 Å². The molecular weight excluding hydrogens is 188 g/mol. The standard InChI is InChI=1S/C10H13F2NO/c1-6-3-4-8(7(2)13)5-9(6)14-10(11)12/h3-5,7,10H,13H2,1-2H3/t7-/m1/s1. The van der Waals surface area contributed by atoms with E-state index >= 15 is 0 Å². The lowest BCUT2D eigenvalue weighted by Gasteiger charge is -2.11. The molecule has 2 N–H and O–H groups in total. The Hall–Kier alpha value is -1.16. The Bertz CT molecular complexity index is 313. The highest BCUT2D eigenvalue weighted by molar-refractivity contribution is 5.37. The first kappa shape index (κ1) is 10.9. The quantitative estimate of drug-likeness (QED) is 0.815. The van der Waals surface area contributed by atoms with Crippen LogP contribution in [0.1, 0.15) is 24.1 Å². The van der Waals surface area contributed by atoms with Crippen molar-refractivity contribution in [1.29, 1.82) is 0 Å². The third-order valence-electron chi connectivity index (χ3n) is 1.95. The number of nitrogens with two attached hydrogens (primary N) is 1. The fraction of sp³-hybridized carbons (Fsp3) is 0.400. The monoisotopic (exact) mass is 201 g/mol. The van der Waals surface area contributed by atoms with Crippen molar-refractivity contribution in [2.75, 3.05) is 0 Å². The predicted octanol–water partition coefficient (Wildman–Crippen LogP) is 2.62. The highest BCUT2D eigenvalue weighted by atomic mass is 19.3. The molecule has 1 aromatic rings. The minimum atomic E-state index is -2.79. The van der Waals surface area contributed by atoms with E-state index in [-0.39, 0.29) is 11.8 Å². The second-order valence-electron chi connectivity index (χ2n) is 3.19. The molecule has 4 heteroatoms. The second-order valence-corrected chi connectivity index (χ2v) is 3.19. The van der Waals surface area contributed by atoms with Crippen molar-refractivity contribution in [2.24, 2.45) is 5.73 Å². The van der Waals surface area contributed by atoms with Gasteiger partial charge in [-0.05, 0) is 31.0 Å². The summed E-state index contributed by atoms with van der Waals surface area (Å²) in [7, 11) is 0. The van der Waals surface area contributed by atoms with Crippen LogP contribution < -0.4 is 10.5 Å². The molecular formula is C10H13F2NO. The van der Waals surface area contributed by atoms with Crippen LogP contribution in [0.2, 0.25) is 0 Å². The average molecular weight is 201 g/mol. The summed E-state index contributed by atoms with van der Waals surface area (Å²) in [5, 5.41) is 0. The topological polar surface area (TPSA) is 35.2 Å². The lowest BCUT2D eigenvalue weighted by molar-refractivity contribution is -0.0503. The van der Waals surface area contributed by atoms with Crippen LogP contribution in [0.25, 0.3) is 0 Å². The fourth-order valence-corrected chi connectivity index (χ4v) is 1.12. The van der Waals surface area contributed by atoms with Gasteiger partial charge >= 0.3 is 6.61 Å². The Morgan fingerprint density at radius 2 is 2.00 bits per heavy atom. The zero-order valence-corrected chi connectivity index (χ0v) is 8.13. The van der Waals surface area contributed by atoms with Crippen LogP contribution in [-0.4, -0.2) is 6.61 Å². The van der Waals surface area contributed by atoms with E-state index in [0.29, 0.717) is 5.56 Å². The number of halogens is 2. The zero-order chi connectivity index (χ0) is 10.7. The summed E-state index contributed by atoms with van der Waals surface area (Å²) in [4.78, 5) is 0. The van der Waals surface area contributed by atoms with Gasteiger partial charge in [-0.1, -0.05) is 12.1 Å². The summed E-state index contributed by atoms with van der Waals surface area (Å²) >= 11 is 0. The molecule has 1 aromatic carbocycles. The predicted molar refractivity (Wildman–Crippen MR) is 50.4 cm³/mol. The molecule has 14 heavy (non-hydrogen) atoms. The summed E-state index contributed by atoms with van der Waals surface area (Å²) in [6.07, 6.45) is 0. The van der Waals surface area contributed by atoms with Gasteiger partial charge in [-0.25, -0.2) is 0 Å². The first-order valence-corrected chi connectivity index (χ1v) is 4.31. The summed E-state index contributed by atoms with van der Waals surface area (Å²) < 4.78 is 28.3. The summed E-state index contributed by atoms with van der Waals surface area (Å²) in [5.41, 5.74) is 7.08. The molecule has 0 aliphatic heterocycles. The van der Waals surface area contributed by atoms with Crippen LogP contribution in [0.4, 0.5) is 8.78 Å². The third kappa shape index (κ3) is 2.67. The van der Waals surface area contributed by atoms with Crippen molar-refractivity contribution in [2.45, 2.75) is 26.5 Å². The highest BCUT2D eigenvalue weighted by Crippen LogP contribution is 2.23. The number of aryl methyl sites for hydroxylation is 1. The number of rotatable bonds is 3. The van der Waals surface area contributed by atoms with E-state index < -0.39 is 6.61 Å². The Morgan fingerprint density at radius 1 is 1.36 bits per heavy atom. The van der Waals surface area contributed by atoms with Crippen LogP contribution in [0.3, 0.4) is 0 Å². The van der Waals surface area contributed by atoms with E-state index in [1.54, 1.807) is 32.0 Å². The molecule has 0 aliphatic carbocycles. The van der Waals surface area contributed by atoms with Gasteiger partial charge in [0.2, 0.25) is 0 Å². The molecule has 0 radical (unpaired) electrons. The molecule has 1 rings (SSSR count). The molecule has 2 nitrogen and oxygen atoms in total. The number of benzene rings is 1. The molecule has 1 atom stereocenters. The van der Waals surface area contributed by atoms with E-state index in [9.17, 15) is 8.78 Å². The van der Waals surface area contributed by atoms with Crippen LogP contribution in [-0.2, 0) is 0 Å². The van der Waals surface area contributed by atoms with Gasteiger partial charge in [0.1, 0.15) is 5.75 Å². The van der Waals surface area contributed by atoms with Crippen LogP contribution in [0.5, 0.6) is 5.75 Å². The fourth-order valence-electron chi connectivity index (χ4n) is 1.12. The van der Waals surface area contributed by atoms with Crippen LogP contribution in [0, 0.1) is 6.92 Å². The largest absolute Gasteiger partial charge is 0.435 e. The summed E-state index contributed by atoms with van der Waals surface area (Å²) in [6.45, 7) is 0.705. The Balaban J connectivity index is 2.96. The maximum Gasteiger partial charge on any atom is 0.387 e. The minimum absolute atomic E-state index is 0.185. The summed E-state index contributed by atoms with van der Waals surface area (Å²) in [5.74, 6) is 0.190. The lowest BCUT2D eigenvalue weighted by Crippen LogP contribution is -2.07. The lowest BCUT2D eigenvalue weighted by atomic mass is 10.1. The van der Waals surface area contributed by atoms with Crippen LogP contribution >= 0.6 is 0 Å². The minimum Gasteiger partial charge on any atom is -0.435 e. The number of alkyl halides is 2. The van der Waals surface area contributed by atoms with Gasteiger partial charge in [0.15, 0.2) is 0 Å². The second kappa shape index (κ2) is 4.37. The van der Waals surface area contributed by atoms with E-state index in [1.165, 1.54) is 0 Å². The van der Waals surface area contributed by atoms with Gasteiger partial charge in [-0.3, -0.25) is 0 Å². The molecule has 0 spiro atoms. The van der Waals surface area contributed by atoms with Gasteiger partial charge in [-0.15, -0.1) is 0 Å². The van der Waals surface area contributed by atoms with Gasteiger partial charge in [0.05, 0.1) is 0 Å². The first-order valence-electron chi connectivity index (χ1n) is 4.31. The average Bonchev–Trinajstić information content (AvgIpc) is 2.07. The molecule has 0 fully saturated rings. The smallest absolute Gasteiger partial charge is 0.387 e. The maximum absolute atomic E-state index is 12.0. The normalized spacial score (nSPS) is 13.0. The van der Waals surface area contributed by atoms with Gasteiger partial charge < -0.3 is 10.5 Å². The highest BCUT2D eigenvalue weighted by Gasteiger charge is 2.09. The Morgan fingerprint density at radius 3 is 2.50 bits per heavy atom. The molecule has 0 aromatic heterocycles. The maximum atomic E-state index is 12.0. The van der Waals surface area contributed by atoms with E-state index in [4.69, 9.17) is 5.73 Å². The van der Waals surface area contributed by atoms with Gasteiger partial charge in [0, 0.05) is 6.04 Å². The van der Waals surface area contributed by atoms with Crippen molar-refractivity contribution >= 4 is 0 Å². The zero-order valence-electron chi connectivity index (χ0n) is 8.13. The van der Waals surface area contributed by atoms with Crippen molar-refractivity contribution in [3.05, 3.63) is 29.3 Å². The first-order chi connectivity index (χ1) is 6.50. The molecule has 0 aliphatic rings. The van der Waals surface area contributed by atoms with E-state index in [2.05, 4.69) is 4.74 Å². The molecule has 0 heterocycles. The molecule has 0 amide bonds. The summed E-state index contributed by atoms with van der Waals surface area (Å²) in [6, 6.07) is 4.89. The Labute approximate surface area is 81.7 Å². The molecule has 78 valence electrons. The van der Waals surface area contributed by atoms with Crippen molar-refractivity contribution in [3.63, 3.8) is 0 Å². The molecule has 0 unspecified atom stereocenters. The van der Waals surface area contributed by atoms with Gasteiger partial charge in [0.25, 0.3) is 0 Å². The Kier molecular flexibility index (Phi) is 3.41. The van der Waals surface area contributed by atoms with Gasteiger partial charge in [-0.2, -0.15) is 8.78 Å². The molecule has 0 bridgehead atoms. The molecule has 0 saturated carbocycles. The number of hydrogen-bond acceptors (Lipinski definition) is 2. The van der Waals surface area contributed by atoms with E-state index in [0.717, 1.165) is 5.56 Å². The number of ether oxygens (including phenoxy) is 1. The van der Waals surface area contributed by atoms with E-state index in [1.807, 2.05) is 0 Å². The van der Waals surface area contributed by atoms with Crippen molar-refractivity contribution in [3.8, 4) is 5.75 Å². The SMILES string of the molecule is Cc1ccc([C@@H](C)N)cc1OC(F)F. The van der Waals surface area contributed by atoms with Crippen molar-refractivity contribution in [1.82, 2.24) is 0 Å². The number of hydrogen-bond donors (Lipinski definition) is 1.